The summed E-state index contributed by atoms with van der Waals surface area (Å²) >= 11 is 0. The Labute approximate surface area is 194 Å². The van der Waals surface area contributed by atoms with Crippen LogP contribution in [0.1, 0.15) is 33.9 Å². The Hall–Kier alpha value is -3.57. The number of nitrogens with two attached hydrogens (primary N) is 2. The molecular formula is C23H26F3N5O3. The first kappa shape index (κ1) is 25.1. The highest BCUT2D eigenvalue weighted by Gasteiger charge is 2.27. The molecular weight excluding hydrogens is 451 g/mol. The summed E-state index contributed by atoms with van der Waals surface area (Å²) in [6, 6.07) is 9.16. The third-order valence-corrected chi connectivity index (χ3v) is 5.37. The molecule has 6 N–H and O–H groups in total. The number of alkyl halides is 2. The van der Waals surface area contributed by atoms with Crippen LogP contribution in [0.5, 0.6) is 5.75 Å². The average molecular weight is 477 g/mol. The lowest BCUT2D eigenvalue weighted by Crippen LogP contribution is -2.23. The number of hydrogen-bond acceptors (Lipinski definition) is 6. The zero-order chi connectivity index (χ0) is 24.8. The van der Waals surface area contributed by atoms with Crippen LogP contribution in [0.3, 0.4) is 0 Å². The number of hydrogen-bond donors (Lipinski definition) is 4. The van der Waals surface area contributed by atoms with E-state index in [2.05, 4.69) is 10.4 Å². The van der Waals surface area contributed by atoms with E-state index in [4.69, 9.17) is 21.3 Å². The van der Waals surface area contributed by atoms with E-state index in [1.165, 1.54) is 19.2 Å². The molecule has 0 aliphatic rings. The average Bonchev–Trinajstić information content (AvgIpc) is 3.16. The maximum Gasteiger partial charge on any atom is 0.260 e. The third-order valence-electron chi connectivity index (χ3n) is 5.37. The number of nitrogen functional groups attached to an aromatic ring is 1. The second kappa shape index (κ2) is 11.0. The number of nitrogens with one attached hydrogen (secondary N) is 1. The first-order valence-electron chi connectivity index (χ1n) is 10.5. The van der Waals surface area contributed by atoms with Crippen molar-refractivity contribution < 1.29 is 27.8 Å². The van der Waals surface area contributed by atoms with Crippen molar-refractivity contribution in [2.24, 2.45) is 5.73 Å². The Morgan fingerprint density at radius 1 is 1.24 bits per heavy atom. The number of ether oxygens (including phenoxy) is 1. The largest absolute Gasteiger partial charge is 0.496 e. The lowest BCUT2D eigenvalue weighted by Gasteiger charge is -2.17. The lowest BCUT2D eigenvalue weighted by atomic mass is 10.1. The van der Waals surface area contributed by atoms with Gasteiger partial charge in [0.1, 0.15) is 23.4 Å². The van der Waals surface area contributed by atoms with Gasteiger partial charge < -0.3 is 26.6 Å². The number of anilines is 1. The highest BCUT2D eigenvalue weighted by molar-refractivity contribution is 5.96. The molecule has 3 rings (SSSR count). The third kappa shape index (κ3) is 5.32. The van der Waals surface area contributed by atoms with Crippen LogP contribution in [0.15, 0.2) is 42.5 Å². The smallest absolute Gasteiger partial charge is 0.260 e. The van der Waals surface area contributed by atoms with Gasteiger partial charge in [-0.1, -0.05) is 24.3 Å². The number of carbonyl (C=O) groups is 1. The molecule has 0 saturated heterocycles. The number of carbonyl (C=O) groups excluding carboxylic acids is 1. The van der Waals surface area contributed by atoms with Gasteiger partial charge in [0.05, 0.1) is 18.4 Å². The predicted molar refractivity (Wildman–Crippen MR) is 121 cm³/mol. The molecule has 0 spiro atoms. The maximum atomic E-state index is 13.5. The number of benzene rings is 2. The van der Waals surface area contributed by atoms with Gasteiger partial charge in [-0.15, -0.1) is 0 Å². The molecule has 1 aromatic heterocycles. The summed E-state index contributed by atoms with van der Waals surface area (Å²) < 4.78 is 46.6. The number of rotatable bonds is 10. The van der Waals surface area contributed by atoms with Gasteiger partial charge in [-0.2, -0.15) is 5.10 Å². The Balaban J connectivity index is 1.79. The molecule has 1 atom stereocenters. The van der Waals surface area contributed by atoms with Gasteiger partial charge >= 0.3 is 0 Å². The van der Waals surface area contributed by atoms with Crippen molar-refractivity contribution in [3.05, 3.63) is 65.0 Å². The zero-order valence-electron chi connectivity index (χ0n) is 18.5. The van der Waals surface area contributed by atoms with Gasteiger partial charge in [0, 0.05) is 30.8 Å². The topological polar surface area (TPSA) is 128 Å². The van der Waals surface area contributed by atoms with Crippen molar-refractivity contribution in [3.63, 3.8) is 0 Å². The molecule has 3 aromatic rings. The summed E-state index contributed by atoms with van der Waals surface area (Å²) in [5.74, 6) is -0.784. The fourth-order valence-electron chi connectivity index (χ4n) is 3.57. The monoisotopic (exact) mass is 477 g/mol. The van der Waals surface area contributed by atoms with Crippen molar-refractivity contribution >= 4 is 11.7 Å². The lowest BCUT2D eigenvalue weighted by molar-refractivity contribution is 0.0624. The SMILES string of the molecule is COc1ccc(F)cc1C(=O)NCc1ccc(-c2nn(C(CCO)C(F)F)c(N)c2CN)cc1. The molecule has 0 saturated carbocycles. The van der Waals surface area contributed by atoms with Crippen LogP contribution in [0.25, 0.3) is 11.3 Å². The molecule has 2 aromatic carbocycles. The van der Waals surface area contributed by atoms with E-state index < -0.39 is 30.8 Å². The summed E-state index contributed by atoms with van der Waals surface area (Å²) in [6.07, 6.45) is -2.97. The van der Waals surface area contributed by atoms with E-state index >= 15 is 0 Å². The van der Waals surface area contributed by atoms with Crippen LogP contribution in [-0.4, -0.2) is 40.9 Å². The molecule has 1 unspecified atom stereocenters. The quantitative estimate of drug-likeness (QED) is 0.356. The molecule has 8 nitrogen and oxygen atoms in total. The summed E-state index contributed by atoms with van der Waals surface area (Å²) in [6.45, 7) is -0.296. The van der Waals surface area contributed by atoms with Gasteiger partial charge in [-0.25, -0.2) is 17.9 Å². The minimum absolute atomic E-state index is 0.0104. The fraction of sp³-hybridized carbons (Fsp3) is 0.304. The number of halogens is 3. The zero-order valence-corrected chi connectivity index (χ0v) is 18.5. The summed E-state index contributed by atoms with van der Waals surface area (Å²) in [7, 11) is 1.39. The van der Waals surface area contributed by atoms with Crippen molar-refractivity contribution in [1.29, 1.82) is 0 Å². The molecule has 1 amide bonds. The number of aromatic nitrogens is 2. The van der Waals surface area contributed by atoms with E-state index in [0.717, 1.165) is 16.3 Å². The van der Waals surface area contributed by atoms with Crippen LogP contribution >= 0.6 is 0 Å². The fourth-order valence-corrected chi connectivity index (χ4v) is 3.57. The minimum Gasteiger partial charge on any atom is -0.496 e. The molecule has 0 aliphatic heterocycles. The summed E-state index contributed by atoms with van der Waals surface area (Å²) in [4.78, 5) is 12.5. The van der Waals surface area contributed by atoms with Crippen LogP contribution < -0.4 is 21.5 Å². The van der Waals surface area contributed by atoms with Gasteiger partial charge in [0.25, 0.3) is 12.3 Å². The van der Waals surface area contributed by atoms with Crippen LogP contribution in [-0.2, 0) is 13.1 Å². The summed E-state index contributed by atoms with van der Waals surface area (Å²) in [5, 5.41) is 16.1. The molecule has 34 heavy (non-hydrogen) atoms. The van der Waals surface area contributed by atoms with E-state index in [9.17, 15) is 18.0 Å². The minimum atomic E-state index is -2.77. The molecule has 0 radical (unpaired) electrons. The van der Waals surface area contributed by atoms with Crippen LogP contribution in [0.4, 0.5) is 19.0 Å². The molecule has 0 bridgehead atoms. The number of amides is 1. The Morgan fingerprint density at radius 3 is 2.53 bits per heavy atom. The first-order valence-corrected chi connectivity index (χ1v) is 10.5. The summed E-state index contributed by atoms with van der Waals surface area (Å²) in [5.41, 5.74) is 14.0. The molecule has 0 aliphatic carbocycles. The Morgan fingerprint density at radius 2 is 1.94 bits per heavy atom. The maximum absolute atomic E-state index is 13.5. The Bertz CT molecular complexity index is 1140. The van der Waals surface area contributed by atoms with Crippen molar-refractivity contribution in [2.45, 2.75) is 32.0 Å². The van der Waals surface area contributed by atoms with E-state index in [0.29, 0.717) is 16.8 Å². The van der Waals surface area contributed by atoms with Crippen molar-refractivity contribution in [3.8, 4) is 17.0 Å². The molecule has 182 valence electrons. The number of methoxy groups -OCH3 is 1. The normalized spacial score (nSPS) is 12.1. The highest BCUT2D eigenvalue weighted by atomic mass is 19.3. The van der Waals surface area contributed by atoms with Crippen LogP contribution in [0.2, 0.25) is 0 Å². The first-order chi connectivity index (χ1) is 16.3. The number of aliphatic hydroxyl groups is 1. The van der Waals surface area contributed by atoms with Gasteiger partial charge in [0.15, 0.2) is 0 Å². The molecule has 11 heteroatoms. The highest BCUT2D eigenvalue weighted by Crippen LogP contribution is 2.32. The van der Waals surface area contributed by atoms with E-state index in [1.54, 1.807) is 24.3 Å². The van der Waals surface area contributed by atoms with Crippen molar-refractivity contribution in [1.82, 2.24) is 15.1 Å². The predicted octanol–water partition coefficient (Wildman–Crippen LogP) is 2.86. The van der Waals surface area contributed by atoms with Gasteiger partial charge in [-0.3, -0.25) is 4.79 Å². The second-order valence-corrected chi connectivity index (χ2v) is 7.50. The molecule has 0 fully saturated rings. The van der Waals surface area contributed by atoms with Crippen molar-refractivity contribution in [2.75, 3.05) is 19.5 Å². The second-order valence-electron chi connectivity index (χ2n) is 7.50. The van der Waals surface area contributed by atoms with Gasteiger partial charge in [0.2, 0.25) is 0 Å². The standard InChI is InChI=1S/C23H26F3N5O3/c1-34-19-7-6-15(24)10-16(19)23(33)29-12-13-2-4-14(5-3-13)20-17(11-27)22(28)31(30-20)18(8-9-32)21(25)26/h2-7,10,18,21,32H,8-9,11-12,27-28H2,1H3,(H,29,33). The Kier molecular flexibility index (Phi) is 8.13. The van der Waals surface area contributed by atoms with Crippen LogP contribution in [0, 0.1) is 5.82 Å². The van der Waals surface area contributed by atoms with E-state index in [-0.39, 0.29) is 36.6 Å². The van der Waals surface area contributed by atoms with Gasteiger partial charge in [-0.05, 0) is 30.2 Å². The molecule has 1 heterocycles. The number of aliphatic hydroxyl groups excluding tert-OH is 1. The van der Waals surface area contributed by atoms with E-state index in [1.807, 2.05) is 0 Å². The number of nitrogens with zero attached hydrogens (tertiary/aromatic N) is 2.